The molecule has 52 valence electrons. The van der Waals surface area contributed by atoms with E-state index in [4.69, 9.17) is 6.42 Å². The third-order valence-corrected chi connectivity index (χ3v) is 1.03. The van der Waals surface area contributed by atoms with Crippen LogP contribution >= 0.6 is 0 Å². The van der Waals surface area contributed by atoms with Crippen molar-refractivity contribution >= 4 is 0 Å². The van der Waals surface area contributed by atoms with E-state index in [2.05, 4.69) is 24.7 Å². The van der Waals surface area contributed by atoms with Gasteiger partial charge in [0.25, 0.3) is 0 Å². The van der Waals surface area contributed by atoms with Crippen LogP contribution in [0.2, 0.25) is 0 Å². The molecule has 0 rings (SSSR count). The third kappa shape index (κ3) is 7.12. The molecule has 0 aromatic heterocycles. The van der Waals surface area contributed by atoms with Gasteiger partial charge in [-0.2, -0.15) is 0 Å². The fraction of sp³-hybridized carbons (Fsp3) is 0.500. The largest absolute Gasteiger partial charge is 0.103 e. The molecule has 0 N–H and O–H groups in total. The van der Waals surface area contributed by atoms with Crippen molar-refractivity contribution in [1.29, 1.82) is 0 Å². The van der Waals surface area contributed by atoms with Crippen LogP contribution in [0.5, 0.6) is 0 Å². The quantitative estimate of drug-likeness (QED) is 0.408. The first-order chi connectivity index (χ1) is 4.91. The molecule has 0 aliphatic heterocycles. The number of unbranched alkanes of at least 4 members (excludes halogenated alkanes) is 3. The molecule has 0 fully saturated rings. The third-order valence-electron chi connectivity index (χ3n) is 1.03. The Kier molecular flexibility index (Phi) is 7.41. The number of hydrogen-bond acceptors (Lipinski definition) is 0. The molecule has 0 bridgehead atoms. The van der Waals surface area contributed by atoms with E-state index < -0.39 is 0 Å². The van der Waals surface area contributed by atoms with Gasteiger partial charge in [0.1, 0.15) is 0 Å². The van der Waals surface area contributed by atoms with Gasteiger partial charge in [-0.25, -0.2) is 0 Å². The summed E-state index contributed by atoms with van der Waals surface area (Å²) >= 11 is 0. The van der Waals surface area contributed by atoms with Crippen LogP contribution in [0.4, 0.5) is 0 Å². The fourth-order valence-corrected chi connectivity index (χ4v) is 0.530. The minimum absolute atomic E-state index is 0.735. The zero-order chi connectivity index (χ0) is 7.66. The van der Waals surface area contributed by atoms with Crippen LogP contribution < -0.4 is 0 Å². The lowest BCUT2D eigenvalue weighted by Gasteiger charge is -1.82. The fourth-order valence-electron chi connectivity index (χ4n) is 0.530. The van der Waals surface area contributed by atoms with E-state index in [-0.39, 0.29) is 0 Å². The van der Waals surface area contributed by atoms with Gasteiger partial charge in [-0.1, -0.05) is 12.8 Å². The minimum Gasteiger partial charge on any atom is -0.103 e. The smallest absolute Gasteiger partial charge is 0.0108 e. The Morgan fingerprint density at radius 1 is 1.10 bits per heavy atom. The van der Waals surface area contributed by atoms with Crippen molar-refractivity contribution in [1.82, 2.24) is 0 Å². The van der Waals surface area contributed by atoms with Crippen molar-refractivity contribution < 1.29 is 0 Å². The Bertz CT molecular complexity index is 149. The summed E-state index contributed by atoms with van der Waals surface area (Å²) in [5, 5.41) is 0. The Balaban J connectivity index is 3.05. The van der Waals surface area contributed by atoms with Crippen LogP contribution in [-0.4, -0.2) is 0 Å². The normalized spacial score (nSPS) is 7.60. The van der Waals surface area contributed by atoms with E-state index in [0.717, 1.165) is 32.1 Å². The van der Waals surface area contributed by atoms with Gasteiger partial charge in [-0.05, 0) is 19.3 Å². The lowest BCUT2D eigenvalue weighted by molar-refractivity contribution is 0.901. The molecule has 0 saturated heterocycles. The molecule has 0 nitrogen and oxygen atoms in total. The van der Waals surface area contributed by atoms with E-state index in [0.29, 0.717) is 0 Å². The predicted molar refractivity (Wildman–Crippen MR) is 43.3 cm³/mol. The summed E-state index contributed by atoms with van der Waals surface area (Å²) in [7, 11) is 0. The van der Waals surface area contributed by atoms with Crippen molar-refractivity contribution in [3.8, 4) is 17.8 Å². The van der Waals surface area contributed by atoms with Crippen LogP contribution in [0.15, 0.2) is 0 Å². The second-order valence-corrected chi connectivity index (χ2v) is 1.99. The molecule has 0 saturated carbocycles. The van der Waals surface area contributed by atoms with E-state index in [9.17, 15) is 0 Å². The van der Waals surface area contributed by atoms with Crippen molar-refractivity contribution in [3.63, 3.8) is 0 Å². The average Bonchev–Trinajstić information content (AvgIpc) is 1.97. The van der Waals surface area contributed by atoms with Gasteiger partial charge in [-0.15, -0.1) is 11.8 Å². The summed E-state index contributed by atoms with van der Waals surface area (Å²) in [6, 6.07) is 0. The summed E-state index contributed by atoms with van der Waals surface area (Å²) in [6.45, 7) is 3.67. The molecule has 0 amide bonds. The number of rotatable bonds is 3. The molecule has 0 heteroatoms. The highest BCUT2D eigenvalue weighted by Crippen LogP contribution is 1.91. The maximum Gasteiger partial charge on any atom is 0.0108 e. The highest BCUT2D eigenvalue weighted by molar-refractivity contribution is 4.99. The molecule has 0 aromatic carbocycles. The second kappa shape index (κ2) is 8.12. The van der Waals surface area contributed by atoms with Gasteiger partial charge in [0.15, 0.2) is 0 Å². The first-order valence-electron chi connectivity index (χ1n) is 3.56. The molecule has 0 atom stereocenters. The molecule has 0 unspecified atom stereocenters. The molecular formula is C10H12. The molecule has 10 heavy (non-hydrogen) atoms. The summed E-state index contributed by atoms with van der Waals surface area (Å²) in [5.74, 6) is 8.33. The van der Waals surface area contributed by atoms with E-state index in [1.807, 2.05) is 0 Å². The SMILES string of the molecule is [C]#CCCCC#CCC[CH2]. The zero-order valence-electron chi connectivity index (χ0n) is 6.24. The van der Waals surface area contributed by atoms with Crippen molar-refractivity contribution in [2.45, 2.75) is 32.1 Å². The van der Waals surface area contributed by atoms with E-state index in [1.165, 1.54) is 0 Å². The van der Waals surface area contributed by atoms with Crippen LogP contribution in [-0.2, 0) is 0 Å². The first kappa shape index (κ1) is 9.12. The monoisotopic (exact) mass is 132 g/mol. The molecular weight excluding hydrogens is 120 g/mol. The lowest BCUT2D eigenvalue weighted by Crippen LogP contribution is -1.69. The summed E-state index contributed by atoms with van der Waals surface area (Å²) < 4.78 is 0. The van der Waals surface area contributed by atoms with Gasteiger partial charge >= 0.3 is 0 Å². The van der Waals surface area contributed by atoms with Gasteiger partial charge in [0, 0.05) is 19.3 Å². The Hall–Kier alpha value is -0.880. The Labute approximate surface area is 64.0 Å². The topological polar surface area (TPSA) is 0 Å². The van der Waals surface area contributed by atoms with Crippen LogP contribution in [0, 0.1) is 31.1 Å². The van der Waals surface area contributed by atoms with E-state index >= 15 is 0 Å². The highest BCUT2D eigenvalue weighted by Gasteiger charge is 1.77. The maximum absolute atomic E-state index is 6.61. The van der Waals surface area contributed by atoms with Crippen molar-refractivity contribution in [3.05, 3.63) is 13.3 Å². The van der Waals surface area contributed by atoms with Gasteiger partial charge in [0.2, 0.25) is 0 Å². The highest BCUT2D eigenvalue weighted by atomic mass is 13.8. The lowest BCUT2D eigenvalue weighted by atomic mass is 10.2. The summed E-state index contributed by atoms with van der Waals surface area (Å²) in [6.07, 6.45) is 11.0. The summed E-state index contributed by atoms with van der Waals surface area (Å²) in [4.78, 5) is 0. The zero-order valence-corrected chi connectivity index (χ0v) is 6.24. The second-order valence-electron chi connectivity index (χ2n) is 1.99. The number of hydrogen-bond donors (Lipinski definition) is 0. The first-order valence-corrected chi connectivity index (χ1v) is 3.56. The molecule has 2 radical (unpaired) electrons. The van der Waals surface area contributed by atoms with Crippen molar-refractivity contribution in [2.75, 3.05) is 0 Å². The summed E-state index contributed by atoms with van der Waals surface area (Å²) in [5.41, 5.74) is 0. The molecule has 0 aromatic rings. The maximum atomic E-state index is 6.61. The predicted octanol–water partition coefficient (Wildman–Crippen LogP) is 2.36. The molecule has 0 heterocycles. The Morgan fingerprint density at radius 2 is 1.80 bits per heavy atom. The van der Waals surface area contributed by atoms with Crippen LogP contribution in [0.3, 0.4) is 0 Å². The standard InChI is InChI=1S/C10H12/c1-3-5-7-9-10-8-6-4-2/h1,3,5-6,8,10H2. The van der Waals surface area contributed by atoms with Gasteiger partial charge < -0.3 is 0 Å². The van der Waals surface area contributed by atoms with Crippen molar-refractivity contribution in [2.24, 2.45) is 0 Å². The molecule has 0 aliphatic carbocycles. The van der Waals surface area contributed by atoms with E-state index in [1.54, 1.807) is 0 Å². The minimum atomic E-state index is 0.735. The average molecular weight is 132 g/mol. The molecule has 0 spiro atoms. The van der Waals surface area contributed by atoms with Gasteiger partial charge in [-0.3, -0.25) is 0 Å². The van der Waals surface area contributed by atoms with Gasteiger partial charge in [0.05, 0.1) is 0 Å². The van der Waals surface area contributed by atoms with Crippen LogP contribution in [0.1, 0.15) is 32.1 Å². The van der Waals surface area contributed by atoms with Crippen LogP contribution in [0.25, 0.3) is 0 Å². The Morgan fingerprint density at radius 3 is 2.40 bits per heavy atom. The molecule has 0 aliphatic rings.